The van der Waals surface area contributed by atoms with Gasteiger partial charge in [-0.05, 0) is 12.3 Å². The molecule has 1 aliphatic rings. The molecular formula is C14H14ClFN4OS. The normalized spacial score (nSPS) is 14.9. The molecule has 2 aromatic rings. The van der Waals surface area contributed by atoms with E-state index < -0.39 is 5.95 Å². The van der Waals surface area contributed by atoms with Gasteiger partial charge in [0.25, 0.3) is 5.56 Å². The molecular weight excluding hydrogens is 327 g/mol. The van der Waals surface area contributed by atoms with E-state index in [1.54, 1.807) is 6.07 Å². The van der Waals surface area contributed by atoms with Gasteiger partial charge >= 0.3 is 0 Å². The van der Waals surface area contributed by atoms with E-state index >= 15 is 0 Å². The number of aromatic nitrogens is 3. The Morgan fingerprint density at radius 3 is 3.14 bits per heavy atom. The van der Waals surface area contributed by atoms with Crippen LogP contribution in [0.2, 0.25) is 5.02 Å². The maximum atomic E-state index is 13.7. The van der Waals surface area contributed by atoms with Gasteiger partial charge in [0.05, 0.1) is 16.3 Å². The van der Waals surface area contributed by atoms with E-state index in [-0.39, 0.29) is 5.56 Å². The summed E-state index contributed by atoms with van der Waals surface area (Å²) in [5, 5.41) is 1.03. The van der Waals surface area contributed by atoms with Crippen LogP contribution in [0.25, 0.3) is 0 Å². The number of thioether (sulfide) groups is 1. The molecule has 0 radical (unpaired) electrons. The molecule has 0 aliphatic carbocycles. The van der Waals surface area contributed by atoms with Crippen molar-refractivity contribution < 1.29 is 4.39 Å². The van der Waals surface area contributed by atoms with Gasteiger partial charge in [-0.2, -0.15) is 4.39 Å². The molecule has 0 aromatic carbocycles. The first kappa shape index (κ1) is 15.5. The number of aromatic amines is 1. The maximum Gasteiger partial charge on any atom is 0.256 e. The number of halogens is 2. The Bertz CT molecular complexity index is 767. The molecule has 0 amide bonds. The van der Waals surface area contributed by atoms with Gasteiger partial charge in [-0.15, -0.1) is 0 Å². The van der Waals surface area contributed by atoms with Gasteiger partial charge in [-0.25, -0.2) is 9.97 Å². The van der Waals surface area contributed by atoms with E-state index in [2.05, 4.69) is 15.0 Å². The first-order valence-corrected chi connectivity index (χ1v) is 8.35. The van der Waals surface area contributed by atoms with Gasteiger partial charge in [-0.1, -0.05) is 23.4 Å². The zero-order valence-corrected chi connectivity index (χ0v) is 13.5. The average Bonchev–Trinajstić information content (AvgIpc) is 2.51. The van der Waals surface area contributed by atoms with Crippen LogP contribution in [-0.2, 0) is 19.5 Å². The quantitative estimate of drug-likeness (QED) is 0.527. The van der Waals surface area contributed by atoms with Crippen molar-refractivity contribution in [3.05, 3.63) is 50.4 Å². The Morgan fingerprint density at radius 2 is 2.36 bits per heavy atom. The largest absolute Gasteiger partial charge is 0.301 e. The molecule has 1 N–H and O–H groups in total. The molecule has 0 bridgehead atoms. The van der Waals surface area contributed by atoms with E-state index in [1.165, 1.54) is 18.0 Å². The van der Waals surface area contributed by atoms with Crippen LogP contribution in [0.15, 0.2) is 22.2 Å². The highest BCUT2D eigenvalue weighted by Crippen LogP contribution is 2.20. The van der Waals surface area contributed by atoms with Crippen LogP contribution in [-0.4, -0.2) is 32.7 Å². The molecule has 116 valence electrons. The Hall–Kier alpha value is -1.44. The molecule has 0 saturated carbocycles. The Morgan fingerprint density at radius 1 is 1.55 bits per heavy atom. The second-order valence-corrected chi connectivity index (χ2v) is 6.30. The highest BCUT2D eigenvalue weighted by Gasteiger charge is 2.22. The SMILES string of the molecule is CSc1nc2c(c(=O)[nH]1)CN(Cc1cc(Cl)cnc1F)CC2. The zero-order chi connectivity index (χ0) is 15.7. The summed E-state index contributed by atoms with van der Waals surface area (Å²) in [7, 11) is 0. The first-order chi connectivity index (χ1) is 10.6. The lowest BCUT2D eigenvalue weighted by molar-refractivity contribution is 0.237. The van der Waals surface area contributed by atoms with Crippen LogP contribution < -0.4 is 5.56 Å². The van der Waals surface area contributed by atoms with Crippen molar-refractivity contribution in [1.82, 2.24) is 19.9 Å². The summed E-state index contributed by atoms with van der Waals surface area (Å²) in [5.74, 6) is -0.528. The fourth-order valence-electron chi connectivity index (χ4n) is 2.51. The molecule has 8 heteroatoms. The predicted octanol–water partition coefficient (Wildman–Crippen LogP) is 2.24. The zero-order valence-electron chi connectivity index (χ0n) is 11.9. The van der Waals surface area contributed by atoms with Crippen molar-refractivity contribution in [3.63, 3.8) is 0 Å². The summed E-state index contributed by atoms with van der Waals surface area (Å²) in [5.41, 5.74) is 1.79. The number of H-pyrrole nitrogens is 1. The third-order valence-corrected chi connectivity index (χ3v) is 4.38. The van der Waals surface area contributed by atoms with Gasteiger partial charge < -0.3 is 4.98 Å². The highest BCUT2D eigenvalue weighted by molar-refractivity contribution is 7.98. The number of nitrogens with zero attached hydrogens (tertiary/aromatic N) is 3. The first-order valence-electron chi connectivity index (χ1n) is 6.75. The van der Waals surface area contributed by atoms with Crippen molar-refractivity contribution in [3.8, 4) is 0 Å². The summed E-state index contributed by atoms with van der Waals surface area (Å²) in [6, 6.07) is 1.57. The second kappa shape index (κ2) is 6.36. The molecule has 3 heterocycles. The van der Waals surface area contributed by atoms with Crippen LogP contribution in [0.4, 0.5) is 4.39 Å². The Kier molecular flexibility index (Phi) is 4.46. The van der Waals surface area contributed by atoms with Gasteiger partial charge in [0.15, 0.2) is 5.16 Å². The molecule has 0 atom stereocenters. The number of pyridine rings is 1. The number of rotatable bonds is 3. The van der Waals surface area contributed by atoms with Crippen molar-refractivity contribution in [2.45, 2.75) is 24.7 Å². The summed E-state index contributed by atoms with van der Waals surface area (Å²) < 4.78 is 13.7. The molecule has 2 aromatic heterocycles. The van der Waals surface area contributed by atoms with Crippen molar-refractivity contribution in [2.75, 3.05) is 12.8 Å². The van der Waals surface area contributed by atoms with Crippen LogP contribution in [0.5, 0.6) is 0 Å². The number of fused-ring (bicyclic) bond motifs is 1. The summed E-state index contributed by atoms with van der Waals surface area (Å²) in [6.45, 7) is 1.52. The summed E-state index contributed by atoms with van der Waals surface area (Å²) in [6.07, 6.45) is 3.82. The number of nitrogens with one attached hydrogen (secondary N) is 1. The maximum absolute atomic E-state index is 13.7. The van der Waals surface area contributed by atoms with E-state index in [0.717, 1.165) is 5.69 Å². The number of hydrogen-bond acceptors (Lipinski definition) is 5. The Balaban J connectivity index is 1.83. The van der Waals surface area contributed by atoms with E-state index in [1.807, 2.05) is 11.2 Å². The van der Waals surface area contributed by atoms with Gasteiger partial charge in [0, 0.05) is 37.8 Å². The van der Waals surface area contributed by atoms with Crippen molar-refractivity contribution in [2.24, 2.45) is 0 Å². The van der Waals surface area contributed by atoms with Crippen LogP contribution in [0.1, 0.15) is 16.8 Å². The summed E-state index contributed by atoms with van der Waals surface area (Å²) >= 11 is 7.27. The van der Waals surface area contributed by atoms with E-state index in [0.29, 0.717) is 47.4 Å². The Labute approximate surface area is 135 Å². The minimum absolute atomic E-state index is 0.122. The standard InChI is InChI=1S/C14H14ClFN4OS/c1-22-14-18-11-2-3-20(7-10(11)13(21)19-14)6-8-4-9(15)5-17-12(8)16/h4-5H,2-3,6-7H2,1H3,(H,18,19,21). The fourth-order valence-corrected chi connectivity index (χ4v) is 3.08. The molecule has 0 unspecified atom stereocenters. The average molecular weight is 341 g/mol. The lowest BCUT2D eigenvalue weighted by Crippen LogP contribution is -2.35. The second-order valence-electron chi connectivity index (χ2n) is 5.06. The van der Waals surface area contributed by atoms with Crippen LogP contribution in [0.3, 0.4) is 0 Å². The lowest BCUT2D eigenvalue weighted by atomic mass is 10.1. The third kappa shape index (κ3) is 3.16. The molecule has 0 fully saturated rings. The minimum Gasteiger partial charge on any atom is -0.301 e. The topological polar surface area (TPSA) is 61.9 Å². The van der Waals surface area contributed by atoms with E-state index in [4.69, 9.17) is 11.6 Å². The smallest absolute Gasteiger partial charge is 0.256 e. The molecule has 22 heavy (non-hydrogen) atoms. The van der Waals surface area contributed by atoms with E-state index in [9.17, 15) is 9.18 Å². The monoisotopic (exact) mass is 340 g/mol. The minimum atomic E-state index is -0.528. The van der Waals surface area contributed by atoms with Crippen molar-refractivity contribution in [1.29, 1.82) is 0 Å². The van der Waals surface area contributed by atoms with Crippen molar-refractivity contribution >= 4 is 23.4 Å². The van der Waals surface area contributed by atoms with Crippen LogP contribution in [0, 0.1) is 5.95 Å². The van der Waals surface area contributed by atoms with Gasteiger partial charge in [-0.3, -0.25) is 9.69 Å². The lowest BCUT2D eigenvalue weighted by Gasteiger charge is -2.27. The summed E-state index contributed by atoms with van der Waals surface area (Å²) in [4.78, 5) is 24.9. The molecule has 5 nitrogen and oxygen atoms in total. The third-order valence-electron chi connectivity index (χ3n) is 3.59. The van der Waals surface area contributed by atoms with Gasteiger partial charge in [0.1, 0.15) is 0 Å². The molecule has 3 rings (SSSR count). The predicted molar refractivity (Wildman–Crippen MR) is 83.7 cm³/mol. The number of hydrogen-bond donors (Lipinski definition) is 1. The van der Waals surface area contributed by atoms with Crippen LogP contribution >= 0.6 is 23.4 Å². The molecule has 1 aliphatic heterocycles. The fraction of sp³-hybridized carbons (Fsp3) is 0.357. The molecule has 0 spiro atoms. The highest BCUT2D eigenvalue weighted by atomic mass is 35.5. The molecule has 0 saturated heterocycles. The van der Waals surface area contributed by atoms with Gasteiger partial charge in [0.2, 0.25) is 5.95 Å².